The summed E-state index contributed by atoms with van der Waals surface area (Å²) in [5.74, 6) is 0.0627. The SMILES string of the molecule is CC1(O)CN(C(=O)Cc2ccncc2)C1. The molecule has 1 fully saturated rings. The van der Waals surface area contributed by atoms with E-state index >= 15 is 0 Å². The van der Waals surface area contributed by atoms with Crippen molar-refractivity contribution in [2.45, 2.75) is 18.9 Å². The Hall–Kier alpha value is -1.42. The molecular formula is C11H14N2O2. The average molecular weight is 206 g/mol. The number of pyridine rings is 1. The summed E-state index contributed by atoms with van der Waals surface area (Å²) < 4.78 is 0. The minimum absolute atomic E-state index is 0.0627. The highest BCUT2D eigenvalue weighted by atomic mass is 16.3. The summed E-state index contributed by atoms with van der Waals surface area (Å²) >= 11 is 0. The van der Waals surface area contributed by atoms with E-state index in [1.807, 2.05) is 12.1 Å². The van der Waals surface area contributed by atoms with Crippen LogP contribution in [0.2, 0.25) is 0 Å². The highest BCUT2D eigenvalue weighted by Crippen LogP contribution is 2.20. The maximum Gasteiger partial charge on any atom is 0.227 e. The van der Waals surface area contributed by atoms with Crippen molar-refractivity contribution in [2.24, 2.45) is 0 Å². The molecule has 0 spiro atoms. The molecule has 1 aromatic heterocycles. The Balaban J connectivity index is 1.89. The molecule has 1 aliphatic heterocycles. The Morgan fingerprint density at radius 1 is 1.53 bits per heavy atom. The molecule has 2 rings (SSSR count). The summed E-state index contributed by atoms with van der Waals surface area (Å²) in [6.07, 6.45) is 3.74. The van der Waals surface area contributed by atoms with E-state index in [1.165, 1.54) is 0 Å². The lowest BCUT2D eigenvalue weighted by Gasteiger charge is -2.44. The topological polar surface area (TPSA) is 53.4 Å². The number of carbonyl (C=O) groups is 1. The van der Waals surface area contributed by atoms with Crippen LogP contribution in [0.15, 0.2) is 24.5 Å². The number of amides is 1. The number of hydrogen-bond donors (Lipinski definition) is 1. The lowest BCUT2D eigenvalue weighted by atomic mass is 9.96. The number of aromatic nitrogens is 1. The van der Waals surface area contributed by atoms with Gasteiger partial charge in [-0.25, -0.2) is 0 Å². The zero-order valence-electron chi connectivity index (χ0n) is 8.68. The van der Waals surface area contributed by atoms with E-state index in [0.717, 1.165) is 5.56 Å². The smallest absolute Gasteiger partial charge is 0.227 e. The lowest BCUT2D eigenvalue weighted by molar-refractivity contribution is -0.151. The van der Waals surface area contributed by atoms with Gasteiger partial charge in [0.1, 0.15) is 0 Å². The van der Waals surface area contributed by atoms with Gasteiger partial charge in [-0.1, -0.05) is 0 Å². The van der Waals surface area contributed by atoms with Crippen molar-refractivity contribution >= 4 is 5.91 Å². The molecule has 0 unspecified atom stereocenters. The number of rotatable bonds is 2. The van der Waals surface area contributed by atoms with E-state index in [0.29, 0.717) is 19.5 Å². The summed E-state index contributed by atoms with van der Waals surface area (Å²) in [4.78, 5) is 17.2. The Kier molecular flexibility index (Phi) is 2.44. The van der Waals surface area contributed by atoms with Crippen LogP contribution < -0.4 is 0 Å². The fourth-order valence-electron chi connectivity index (χ4n) is 1.74. The predicted octanol–water partition coefficient (Wildman–Crippen LogP) is 0.217. The van der Waals surface area contributed by atoms with Crippen LogP contribution in [0.1, 0.15) is 12.5 Å². The highest BCUT2D eigenvalue weighted by molar-refractivity contribution is 5.79. The van der Waals surface area contributed by atoms with Crippen molar-refractivity contribution in [1.29, 1.82) is 0 Å². The molecule has 0 aliphatic carbocycles. The molecule has 1 aliphatic rings. The first-order chi connectivity index (χ1) is 7.07. The molecule has 1 aromatic rings. The molecule has 0 radical (unpaired) electrons. The first-order valence-electron chi connectivity index (χ1n) is 4.96. The zero-order chi connectivity index (χ0) is 10.9. The van der Waals surface area contributed by atoms with Crippen LogP contribution >= 0.6 is 0 Å². The fraction of sp³-hybridized carbons (Fsp3) is 0.455. The molecule has 1 saturated heterocycles. The number of nitrogens with zero attached hydrogens (tertiary/aromatic N) is 2. The second kappa shape index (κ2) is 3.62. The molecule has 4 heteroatoms. The number of likely N-dealkylation sites (tertiary alicyclic amines) is 1. The van der Waals surface area contributed by atoms with Crippen molar-refractivity contribution in [3.05, 3.63) is 30.1 Å². The lowest BCUT2D eigenvalue weighted by Crippen LogP contribution is -2.62. The van der Waals surface area contributed by atoms with Crippen molar-refractivity contribution in [2.75, 3.05) is 13.1 Å². The van der Waals surface area contributed by atoms with Gasteiger partial charge >= 0.3 is 0 Å². The largest absolute Gasteiger partial charge is 0.386 e. The van der Waals surface area contributed by atoms with Gasteiger partial charge in [-0.3, -0.25) is 9.78 Å². The van der Waals surface area contributed by atoms with Gasteiger partial charge in [0.15, 0.2) is 0 Å². The van der Waals surface area contributed by atoms with Crippen LogP contribution in [-0.2, 0) is 11.2 Å². The van der Waals surface area contributed by atoms with E-state index in [2.05, 4.69) is 4.98 Å². The normalized spacial score (nSPS) is 18.4. The Labute approximate surface area is 88.6 Å². The van der Waals surface area contributed by atoms with Gasteiger partial charge in [-0.05, 0) is 24.6 Å². The minimum Gasteiger partial charge on any atom is -0.386 e. The molecule has 2 heterocycles. The molecule has 1 N–H and O–H groups in total. The Morgan fingerprint density at radius 2 is 2.13 bits per heavy atom. The Bertz CT molecular complexity index is 354. The number of β-amino-alcohol motifs (C(OH)–C–C–N with tert-alkyl or cyclic N) is 1. The highest BCUT2D eigenvalue weighted by Gasteiger charge is 2.38. The third-order valence-corrected chi connectivity index (χ3v) is 2.52. The van der Waals surface area contributed by atoms with Crippen molar-refractivity contribution in [3.8, 4) is 0 Å². The van der Waals surface area contributed by atoms with Crippen LogP contribution in [0, 0.1) is 0 Å². The number of hydrogen-bond acceptors (Lipinski definition) is 3. The number of aliphatic hydroxyl groups is 1. The van der Waals surface area contributed by atoms with Crippen LogP contribution in [-0.4, -0.2) is 39.6 Å². The first kappa shape index (κ1) is 10.1. The van der Waals surface area contributed by atoms with Gasteiger partial charge in [0.25, 0.3) is 0 Å². The maximum absolute atomic E-state index is 11.7. The van der Waals surface area contributed by atoms with Gasteiger partial charge in [0.2, 0.25) is 5.91 Å². The van der Waals surface area contributed by atoms with Gasteiger partial charge in [-0.15, -0.1) is 0 Å². The summed E-state index contributed by atoms with van der Waals surface area (Å²) in [6.45, 7) is 2.62. The van der Waals surface area contributed by atoms with Crippen LogP contribution in [0.5, 0.6) is 0 Å². The molecule has 15 heavy (non-hydrogen) atoms. The van der Waals surface area contributed by atoms with Crippen LogP contribution in [0.25, 0.3) is 0 Å². The monoisotopic (exact) mass is 206 g/mol. The molecule has 0 bridgehead atoms. The minimum atomic E-state index is -0.687. The van der Waals surface area contributed by atoms with Crippen molar-refractivity contribution in [1.82, 2.24) is 9.88 Å². The first-order valence-corrected chi connectivity index (χ1v) is 4.96. The van der Waals surface area contributed by atoms with E-state index in [9.17, 15) is 9.90 Å². The third kappa shape index (κ3) is 2.33. The molecular weight excluding hydrogens is 192 g/mol. The van der Waals surface area contributed by atoms with Crippen LogP contribution in [0.3, 0.4) is 0 Å². The second-order valence-corrected chi connectivity index (χ2v) is 4.28. The van der Waals surface area contributed by atoms with E-state index in [-0.39, 0.29) is 5.91 Å². The Morgan fingerprint density at radius 3 is 2.67 bits per heavy atom. The van der Waals surface area contributed by atoms with Crippen molar-refractivity contribution in [3.63, 3.8) is 0 Å². The van der Waals surface area contributed by atoms with E-state index < -0.39 is 5.60 Å². The summed E-state index contributed by atoms with van der Waals surface area (Å²) in [6, 6.07) is 3.66. The second-order valence-electron chi connectivity index (χ2n) is 4.28. The molecule has 80 valence electrons. The predicted molar refractivity (Wildman–Crippen MR) is 55.1 cm³/mol. The summed E-state index contributed by atoms with van der Waals surface area (Å²) in [5.41, 5.74) is 0.273. The average Bonchev–Trinajstić information content (AvgIpc) is 2.15. The van der Waals surface area contributed by atoms with Gasteiger partial charge in [0.05, 0.1) is 25.1 Å². The van der Waals surface area contributed by atoms with E-state index in [4.69, 9.17) is 0 Å². The number of carbonyl (C=O) groups excluding carboxylic acids is 1. The summed E-state index contributed by atoms with van der Waals surface area (Å²) in [7, 11) is 0. The van der Waals surface area contributed by atoms with Gasteiger partial charge < -0.3 is 10.0 Å². The molecule has 0 atom stereocenters. The molecule has 1 amide bonds. The van der Waals surface area contributed by atoms with Gasteiger partial charge in [-0.2, -0.15) is 0 Å². The fourth-order valence-corrected chi connectivity index (χ4v) is 1.74. The summed E-state index contributed by atoms with van der Waals surface area (Å²) in [5, 5.41) is 9.49. The zero-order valence-corrected chi connectivity index (χ0v) is 8.68. The van der Waals surface area contributed by atoms with E-state index in [1.54, 1.807) is 24.2 Å². The molecule has 4 nitrogen and oxygen atoms in total. The van der Waals surface area contributed by atoms with Crippen LogP contribution in [0.4, 0.5) is 0 Å². The van der Waals surface area contributed by atoms with Crippen molar-refractivity contribution < 1.29 is 9.90 Å². The third-order valence-electron chi connectivity index (χ3n) is 2.52. The quantitative estimate of drug-likeness (QED) is 0.753. The standard InChI is InChI=1S/C11H14N2O2/c1-11(15)7-13(8-11)10(14)6-9-2-4-12-5-3-9/h2-5,15H,6-8H2,1H3. The van der Waals surface area contributed by atoms with Gasteiger partial charge in [0, 0.05) is 12.4 Å². The maximum atomic E-state index is 11.7. The molecule has 0 saturated carbocycles. The molecule has 0 aromatic carbocycles.